The number of azo groups is 1. The van der Waals surface area contributed by atoms with Crippen molar-refractivity contribution in [1.29, 1.82) is 0 Å². The molecule has 2 rings (SSSR count). The second-order valence-corrected chi connectivity index (χ2v) is 5.25. The molecule has 0 saturated heterocycles. The zero-order valence-corrected chi connectivity index (χ0v) is 12.7. The van der Waals surface area contributed by atoms with E-state index in [1.54, 1.807) is 0 Å². The summed E-state index contributed by atoms with van der Waals surface area (Å²) in [6.07, 6.45) is 0.959. The van der Waals surface area contributed by atoms with Crippen LogP contribution in [0.15, 0.2) is 32.9 Å². The molecule has 19 heavy (non-hydrogen) atoms. The van der Waals surface area contributed by atoms with E-state index in [2.05, 4.69) is 36.5 Å². The highest BCUT2D eigenvalue weighted by Gasteiger charge is 2.10. The average molecular weight is 341 g/mol. The van der Waals surface area contributed by atoms with Gasteiger partial charge in [-0.15, -0.1) is 10.2 Å². The van der Waals surface area contributed by atoms with Gasteiger partial charge >= 0.3 is 0 Å². The molecule has 3 N–H and O–H groups in total. The summed E-state index contributed by atoms with van der Waals surface area (Å²) < 4.78 is 0.905. The largest absolute Gasteiger partial charge is 0.493 e. The van der Waals surface area contributed by atoms with Gasteiger partial charge in [-0.3, -0.25) is 0 Å². The Morgan fingerprint density at radius 3 is 3.05 bits per heavy atom. The van der Waals surface area contributed by atoms with Crippen molar-refractivity contribution < 1.29 is 5.11 Å². The molecule has 7 heteroatoms. The predicted octanol–water partition coefficient (Wildman–Crippen LogP) is 4.00. The van der Waals surface area contributed by atoms with E-state index in [4.69, 9.17) is 12.2 Å². The molecule has 2 aromatic rings. The molecule has 0 fully saturated rings. The molecule has 0 unspecified atom stereocenters. The number of halogens is 1. The summed E-state index contributed by atoms with van der Waals surface area (Å²) in [7, 11) is 0. The summed E-state index contributed by atoms with van der Waals surface area (Å²) in [5.74, 6) is -0.0184. The molecule has 1 heterocycles. The lowest BCUT2D eigenvalue weighted by Gasteiger charge is -1.98. The van der Waals surface area contributed by atoms with E-state index in [1.165, 1.54) is 0 Å². The normalized spacial score (nSPS) is 11.3. The number of thiocarbonyl (C=S) groups is 1. The monoisotopic (exact) mass is 340 g/mol. The number of aromatic nitrogens is 1. The van der Waals surface area contributed by atoms with Gasteiger partial charge in [0, 0.05) is 16.4 Å². The van der Waals surface area contributed by atoms with Crippen molar-refractivity contribution in [2.24, 2.45) is 10.2 Å². The number of nitrogens with zero attached hydrogens (tertiary/aromatic N) is 2. The van der Waals surface area contributed by atoms with Crippen molar-refractivity contribution in [2.75, 3.05) is 6.54 Å². The Bertz CT molecular complexity index is 638. The molecule has 1 aromatic heterocycles. The number of hydrogen-bond acceptors (Lipinski definition) is 3. The standard InChI is InChI=1S/C12H13BrN4OS/c1-2-5-14-12(19)17-16-10-8-6-7(13)3-4-9(8)15-11(10)18/h3-4,6,15,18H,2,5H2,1H3,(H,14,19). The van der Waals surface area contributed by atoms with Crippen molar-refractivity contribution in [3.63, 3.8) is 0 Å². The number of benzene rings is 1. The number of nitrogens with one attached hydrogen (secondary N) is 2. The van der Waals surface area contributed by atoms with Crippen LogP contribution in [0.2, 0.25) is 0 Å². The molecule has 5 nitrogen and oxygen atoms in total. The van der Waals surface area contributed by atoms with Crippen molar-refractivity contribution in [1.82, 2.24) is 10.3 Å². The zero-order chi connectivity index (χ0) is 13.8. The minimum Gasteiger partial charge on any atom is -0.493 e. The van der Waals surface area contributed by atoms with Crippen LogP contribution in [0.3, 0.4) is 0 Å². The van der Waals surface area contributed by atoms with Crippen LogP contribution >= 0.6 is 28.1 Å². The third-order valence-corrected chi connectivity index (χ3v) is 3.20. The van der Waals surface area contributed by atoms with Gasteiger partial charge in [-0.05, 0) is 36.8 Å². The highest BCUT2D eigenvalue weighted by molar-refractivity contribution is 9.10. The molecule has 0 aliphatic carbocycles. The highest BCUT2D eigenvalue weighted by atomic mass is 79.9. The van der Waals surface area contributed by atoms with Crippen molar-refractivity contribution in [3.05, 3.63) is 22.7 Å². The fraction of sp³-hybridized carbons (Fsp3) is 0.250. The number of H-pyrrole nitrogens is 1. The van der Waals surface area contributed by atoms with Gasteiger partial charge in [0.1, 0.15) is 0 Å². The van der Waals surface area contributed by atoms with Crippen LogP contribution in [0, 0.1) is 0 Å². The highest BCUT2D eigenvalue weighted by Crippen LogP contribution is 2.36. The Labute approximate surface area is 124 Å². The van der Waals surface area contributed by atoms with Gasteiger partial charge in [-0.2, -0.15) is 0 Å². The molecule has 0 amide bonds. The first-order chi connectivity index (χ1) is 9.11. The van der Waals surface area contributed by atoms with Crippen molar-refractivity contribution in [2.45, 2.75) is 13.3 Å². The first-order valence-electron chi connectivity index (χ1n) is 5.81. The Morgan fingerprint density at radius 2 is 2.32 bits per heavy atom. The van der Waals surface area contributed by atoms with Crippen LogP contribution in [0.5, 0.6) is 5.88 Å². The Morgan fingerprint density at radius 1 is 1.53 bits per heavy atom. The first kappa shape index (κ1) is 14.0. The maximum atomic E-state index is 9.83. The Hall–Kier alpha value is -1.47. The van der Waals surface area contributed by atoms with E-state index in [0.29, 0.717) is 10.8 Å². The maximum absolute atomic E-state index is 9.83. The van der Waals surface area contributed by atoms with Gasteiger partial charge in [-0.1, -0.05) is 22.9 Å². The van der Waals surface area contributed by atoms with E-state index in [-0.39, 0.29) is 5.88 Å². The van der Waals surface area contributed by atoms with Gasteiger partial charge in [0.25, 0.3) is 0 Å². The average Bonchev–Trinajstić information content (AvgIpc) is 2.69. The first-order valence-corrected chi connectivity index (χ1v) is 7.01. The minimum atomic E-state index is -0.0184. The summed E-state index contributed by atoms with van der Waals surface area (Å²) in [4.78, 5) is 2.84. The van der Waals surface area contributed by atoms with Gasteiger partial charge in [-0.25, -0.2) is 0 Å². The summed E-state index contributed by atoms with van der Waals surface area (Å²) in [6, 6.07) is 5.60. The number of fused-ring (bicyclic) bond motifs is 1. The molecule has 0 aliphatic heterocycles. The quantitative estimate of drug-likeness (QED) is 0.583. The topological polar surface area (TPSA) is 72.8 Å². The van der Waals surface area contributed by atoms with Crippen molar-refractivity contribution >= 4 is 49.9 Å². The second kappa shape index (κ2) is 6.12. The smallest absolute Gasteiger partial charge is 0.218 e. The molecule has 0 aliphatic rings. The van der Waals surface area contributed by atoms with Gasteiger partial charge in [0.15, 0.2) is 5.69 Å². The lowest BCUT2D eigenvalue weighted by molar-refractivity contribution is 0.459. The Balaban J connectivity index is 2.29. The maximum Gasteiger partial charge on any atom is 0.218 e. The van der Waals surface area contributed by atoms with Crippen LogP contribution in [0.25, 0.3) is 10.9 Å². The zero-order valence-electron chi connectivity index (χ0n) is 10.3. The molecule has 0 spiro atoms. The summed E-state index contributed by atoms with van der Waals surface area (Å²) in [6.45, 7) is 2.79. The fourth-order valence-corrected chi connectivity index (χ4v) is 2.10. The van der Waals surface area contributed by atoms with E-state index in [1.807, 2.05) is 25.1 Å². The fourth-order valence-electron chi connectivity index (χ4n) is 1.60. The summed E-state index contributed by atoms with van der Waals surface area (Å²) in [5.41, 5.74) is 1.18. The van der Waals surface area contributed by atoms with Crippen LogP contribution in [0.1, 0.15) is 13.3 Å². The molecule has 0 atom stereocenters. The molecule has 1 aromatic carbocycles. The van der Waals surface area contributed by atoms with E-state index < -0.39 is 0 Å². The van der Waals surface area contributed by atoms with Crippen molar-refractivity contribution in [3.8, 4) is 5.88 Å². The van der Waals surface area contributed by atoms with Gasteiger partial charge < -0.3 is 15.4 Å². The van der Waals surface area contributed by atoms with E-state index in [0.717, 1.165) is 28.3 Å². The SMILES string of the molecule is CCCNC(=S)N=Nc1c(O)[nH]c2ccc(Br)cc12. The van der Waals surface area contributed by atoms with Crippen LogP contribution < -0.4 is 5.32 Å². The van der Waals surface area contributed by atoms with E-state index in [9.17, 15) is 5.11 Å². The third kappa shape index (κ3) is 3.30. The van der Waals surface area contributed by atoms with Crippen LogP contribution in [0.4, 0.5) is 5.69 Å². The molecule has 100 valence electrons. The Kier molecular flexibility index (Phi) is 4.49. The van der Waals surface area contributed by atoms with Gasteiger partial charge in [0.05, 0.1) is 5.52 Å². The number of aromatic hydroxyl groups is 1. The molecular formula is C12H13BrN4OS. The number of rotatable bonds is 3. The predicted molar refractivity (Wildman–Crippen MR) is 83.1 cm³/mol. The number of hydrogen-bond donors (Lipinski definition) is 3. The third-order valence-electron chi connectivity index (χ3n) is 2.48. The molecule has 0 saturated carbocycles. The lowest BCUT2D eigenvalue weighted by atomic mass is 10.2. The van der Waals surface area contributed by atoms with Crippen LogP contribution in [-0.2, 0) is 0 Å². The van der Waals surface area contributed by atoms with Gasteiger partial charge in [0.2, 0.25) is 11.0 Å². The minimum absolute atomic E-state index is 0.0184. The second-order valence-electron chi connectivity index (χ2n) is 3.94. The lowest BCUT2D eigenvalue weighted by Crippen LogP contribution is -2.19. The van der Waals surface area contributed by atoms with Crippen LogP contribution in [-0.4, -0.2) is 21.7 Å². The summed E-state index contributed by atoms with van der Waals surface area (Å²) in [5, 5.41) is 21.8. The van der Waals surface area contributed by atoms with E-state index >= 15 is 0 Å². The number of aromatic amines is 1. The molecular weight excluding hydrogens is 328 g/mol. The summed E-state index contributed by atoms with van der Waals surface area (Å²) >= 11 is 8.40. The molecule has 0 radical (unpaired) electrons. The molecule has 0 bridgehead atoms.